The average Bonchev–Trinajstić information content (AvgIpc) is 2.65. The van der Waals surface area contributed by atoms with Gasteiger partial charge in [-0.15, -0.1) is 0 Å². The van der Waals surface area contributed by atoms with Crippen LogP contribution >= 0.6 is 0 Å². The Bertz CT molecular complexity index is 796. The van der Waals surface area contributed by atoms with E-state index in [1.807, 2.05) is 32.0 Å². The van der Waals surface area contributed by atoms with Crippen molar-refractivity contribution < 1.29 is 28.7 Å². The van der Waals surface area contributed by atoms with Crippen LogP contribution in [0.2, 0.25) is 0 Å². The van der Waals surface area contributed by atoms with Crippen molar-refractivity contribution in [3.8, 4) is 0 Å². The van der Waals surface area contributed by atoms with Gasteiger partial charge in [0, 0.05) is 6.54 Å². The molecule has 9 heteroatoms. The van der Waals surface area contributed by atoms with Crippen molar-refractivity contribution in [2.24, 2.45) is 0 Å². The summed E-state index contributed by atoms with van der Waals surface area (Å²) in [4.78, 5) is 50.6. The summed E-state index contributed by atoms with van der Waals surface area (Å²) < 4.78 is 9.72. The third-order valence-corrected chi connectivity index (χ3v) is 4.20. The molecule has 9 nitrogen and oxygen atoms in total. The van der Waals surface area contributed by atoms with Crippen LogP contribution in [-0.4, -0.2) is 61.1 Å². The van der Waals surface area contributed by atoms with Gasteiger partial charge in [0.15, 0.2) is 0 Å². The van der Waals surface area contributed by atoms with Crippen molar-refractivity contribution in [1.29, 1.82) is 0 Å². The van der Waals surface area contributed by atoms with Crippen LogP contribution in [0.15, 0.2) is 18.2 Å². The number of likely N-dealkylation sites (N-methyl/N-ethyl adjacent to an activating group) is 1. The molecule has 0 aliphatic carbocycles. The van der Waals surface area contributed by atoms with Crippen molar-refractivity contribution in [2.75, 3.05) is 26.7 Å². The van der Waals surface area contributed by atoms with Gasteiger partial charge in [-0.05, 0) is 47.1 Å². The molecule has 0 aliphatic rings. The van der Waals surface area contributed by atoms with E-state index in [1.54, 1.807) is 27.7 Å². The maximum Gasteiger partial charge on any atom is 0.408 e. The van der Waals surface area contributed by atoms with Crippen LogP contribution in [0, 0.1) is 13.8 Å². The quantitative estimate of drug-likeness (QED) is 0.604. The second-order valence-corrected chi connectivity index (χ2v) is 8.15. The van der Waals surface area contributed by atoms with Crippen LogP contribution < -0.4 is 10.6 Å². The predicted molar refractivity (Wildman–Crippen MR) is 115 cm³/mol. The van der Waals surface area contributed by atoms with Gasteiger partial charge in [0.25, 0.3) is 0 Å². The van der Waals surface area contributed by atoms with Crippen molar-refractivity contribution in [3.63, 3.8) is 0 Å². The summed E-state index contributed by atoms with van der Waals surface area (Å²) in [6.07, 6.45) is -0.727. The lowest BCUT2D eigenvalue weighted by Crippen LogP contribution is -2.48. The summed E-state index contributed by atoms with van der Waals surface area (Å²) in [7, 11) is 1.22. The van der Waals surface area contributed by atoms with E-state index in [4.69, 9.17) is 4.74 Å². The zero-order valence-electron chi connectivity index (χ0n) is 19.3. The molecule has 0 fully saturated rings. The molecular formula is C22H33N3O6. The molecule has 31 heavy (non-hydrogen) atoms. The molecule has 172 valence electrons. The first-order valence-corrected chi connectivity index (χ1v) is 10.1. The third-order valence-electron chi connectivity index (χ3n) is 4.20. The molecule has 0 aliphatic heterocycles. The van der Waals surface area contributed by atoms with Crippen LogP contribution in [-0.2, 0) is 23.9 Å². The number of aryl methyl sites for hydroxylation is 2. The summed E-state index contributed by atoms with van der Waals surface area (Å²) in [6.45, 7) is 10.2. The molecule has 2 N–H and O–H groups in total. The molecule has 0 aromatic heterocycles. The molecule has 1 atom stereocenters. The Morgan fingerprint density at radius 3 is 2.06 bits per heavy atom. The number of alkyl carbamates (subject to hydrolysis) is 1. The Kier molecular flexibility index (Phi) is 9.48. The van der Waals surface area contributed by atoms with Gasteiger partial charge < -0.3 is 25.0 Å². The minimum absolute atomic E-state index is 0.206. The number of carbonyl (C=O) groups excluding carboxylic acids is 4. The largest absolute Gasteiger partial charge is 0.468 e. The Morgan fingerprint density at radius 2 is 1.58 bits per heavy atom. The fourth-order valence-corrected chi connectivity index (χ4v) is 3.04. The molecule has 1 unspecified atom stereocenters. The lowest BCUT2D eigenvalue weighted by Gasteiger charge is -2.31. The van der Waals surface area contributed by atoms with Crippen LogP contribution in [0.1, 0.15) is 50.4 Å². The molecule has 0 heterocycles. The zero-order valence-corrected chi connectivity index (χ0v) is 19.3. The number of hydrogen-bond acceptors (Lipinski definition) is 6. The van der Waals surface area contributed by atoms with Gasteiger partial charge in [-0.1, -0.05) is 29.3 Å². The van der Waals surface area contributed by atoms with E-state index < -0.39 is 35.5 Å². The Morgan fingerprint density at radius 1 is 1.00 bits per heavy atom. The van der Waals surface area contributed by atoms with Gasteiger partial charge in [0.1, 0.15) is 24.7 Å². The van der Waals surface area contributed by atoms with Gasteiger partial charge in [-0.3, -0.25) is 14.4 Å². The van der Waals surface area contributed by atoms with Crippen LogP contribution in [0.25, 0.3) is 0 Å². The monoisotopic (exact) mass is 435 g/mol. The molecule has 1 aromatic carbocycles. The second kappa shape index (κ2) is 11.3. The van der Waals surface area contributed by atoms with E-state index >= 15 is 0 Å². The predicted octanol–water partition coefficient (Wildman–Crippen LogP) is 2.01. The van der Waals surface area contributed by atoms with Gasteiger partial charge in [-0.2, -0.15) is 0 Å². The van der Waals surface area contributed by atoms with Gasteiger partial charge in [-0.25, -0.2) is 4.79 Å². The van der Waals surface area contributed by atoms with E-state index in [9.17, 15) is 19.2 Å². The summed E-state index contributed by atoms with van der Waals surface area (Å²) in [6, 6.07) is 4.59. The molecule has 0 saturated heterocycles. The molecule has 0 spiro atoms. The maximum absolute atomic E-state index is 13.0. The van der Waals surface area contributed by atoms with Crippen LogP contribution in [0.5, 0.6) is 0 Å². The molecule has 0 bridgehead atoms. The number of ether oxygens (including phenoxy) is 2. The van der Waals surface area contributed by atoms with E-state index in [0.717, 1.165) is 11.1 Å². The normalized spacial score (nSPS) is 11.8. The molecule has 0 saturated carbocycles. The van der Waals surface area contributed by atoms with Gasteiger partial charge in [0.2, 0.25) is 11.8 Å². The Labute approximate surface area is 183 Å². The standard InChI is InChI=1S/C22H33N3O6/c1-8-25(17(26)12-24-21(29)31-22(4,5)6)19(20(28)23-13-18(27)30-7)16-10-14(2)9-15(3)11-16/h9-11,19H,8,12-13H2,1-7H3,(H,23,28)(H,24,29). The lowest BCUT2D eigenvalue weighted by atomic mass is 9.99. The molecule has 1 aromatic rings. The summed E-state index contributed by atoms with van der Waals surface area (Å²) >= 11 is 0. The van der Waals surface area contributed by atoms with Crippen molar-refractivity contribution in [1.82, 2.24) is 15.5 Å². The van der Waals surface area contributed by atoms with E-state index in [0.29, 0.717) is 5.56 Å². The first kappa shape index (κ1) is 25.9. The first-order valence-electron chi connectivity index (χ1n) is 10.1. The number of benzene rings is 1. The number of rotatable bonds is 8. The van der Waals surface area contributed by atoms with E-state index in [1.165, 1.54) is 12.0 Å². The number of amides is 3. The number of nitrogens with zero attached hydrogens (tertiary/aromatic N) is 1. The first-order chi connectivity index (χ1) is 14.4. The second-order valence-electron chi connectivity index (χ2n) is 8.15. The van der Waals surface area contributed by atoms with Crippen molar-refractivity contribution in [2.45, 2.75) is 53.2 Å². The minimum Gasteiger partial charge on any atom is -0.468 e. The number of esters is 1. The Balaban J connectivity index is 3.12. The Hall–Kier alpha value is -3.10. The SMILES string of the molecule is CCN(C(=O)CNC(=O)OC(C)(C)C)C(C(=O)NCC(=O)OC)c1cc(C)cc(C)c1. The molecule has 1 rings (SSSR count). The van der Waals surface area contributed by atoms with E-state index in [2.05, 4.69) is 15.4 Å². The van der Waals surface area contributed by atoms with Crippen LogP contribution in [0.4, 0.5) is 4.79 Å². The lowest BCUT2D eigenvalue weighted by molar-refractivity contribution is -0.143. The molecular weight excluding hydrogens is 402 g/mol. The average molecular weight is 436 g/mol. The third kappa shape index (κ3) is 8.65. The van der Waals surface area contributed by atoms with Crippen LogP contribution in [0.3, 0.4) is 0 Å². The van der Waals surface area contributed by atoms with Gasteiger partial charge >= 0.3 is 12.1 Å². The maximum atomic E-state index is 13.0. The highest BCUT2D eigenvalue weighted by Crippen LogP contribution is 2.24. The van der Waals surface area contributed by atoms with Crippen molar-refractivity contribution >= 4 is 23.9 Å². The number of hydrogen-bond donors (Lipinski definition) is 2. The number of nitrogens with one attached hydrogen (secondary N) is 2. The number of carbonyl (C=O) groups is 4. The van der Waals surface area contributed by atoms with E-state index in [-0.39, 0.29) is 19.6 Å². The highest BCUT2D eigenvalue weighted by Gasteiger charge is 2.31. The highest BCUT2D eigenvalue weighted by atomic mass is 16.6. The molecule has 0 radical (unpaired) electrons. The summed E-state index contributed by atoms with van der Waals surface area (Å²) in [5.41, 5.74) is 1.76. The number of methoxy groups -OCH3 is 1. The topological polar surface area (TPSA) is 114 Å². The zero-order chi connectivity index (χ0) is 23.8. The summed E-state index contributed by atoms with van der Waals surface area (Å²) in [5.74, 6) is -1.60. The fraction of sp³-hybridized carbons (Fsp3) is 0.545. The van der Waals surface area contributed by atoms with Gasteiger partial charge in [0.05, 0.1) is 7.11 Å². The molecule has 3 amide bonds. The fourth-order valence-electron chi connectivity index (χ4n) is 3.04. The minimum atomic E-state index is -0.985. The smallest absolute Gasteiger partial charge is 0.408 e. The van der Waals surface area contributed by atoms with Crippen molar-refractivity contribution in [3.05, 3.63) is 34.9 Å². The highest BCUT2D eigenvalue weighted by molar-refractivity contribution is 5.91. The summed E-state index contributed by atoms with van der Waals surface area (Å²) in [5, 5.41) is 4.94.